The van der Waals surface area contributed by atoms with Gasteiger partial charge < -0.3 is 25.1 Å². The van der Waals surface area contributed by atoms with Gasteiger partial charge in [0.1, 0.15) is 17.9 Å². The van der Waals surface area contributed by atoms with Crippen LogP contribution in [0.15, 0.2) is 12.7 Å². The average molecular weight is 364 g/mol. The van der Waals surface area contributed by atoms with Gasteiger partial charge in [0, 0.05) is 19.4 Å². The number of rotatable bonds is 9. The number of hydrogen-bond donors (Lipinski definition) is 3. The van der Waals surface area contributed by atoms with Crippen molar-refractivity contribution in [1.29, 1.82) is 0 Å². The minimum absolute atomic E-state index is 0.00641. The Morgan fingerprint density at radius 1 is 1.15 bits per heavy atom. The third-order valence-corrected chi connectivity index (χ3v) is 3.55. The largest absolute Gasteiger partial charge is 0.469 e. The number of carbonyl (C=O) groups is 3. The van der Waals surface area contributed by atoms with E-state index < -0.39 is 18.0 Å². The molecule has 0 aromatic carbocycles. The number of nitrogens with zero attached hydrogens (tertiary/aromatic N) is 3. The maximum Gasteiger partial charge on any atom is 0.328 e. The van der Waals surface area contributed by atoms with Crippen LogP contribution in [0.25, 0.3) is 11.2 Å². The zero-order valence-corrected chi connectivity index (χ0v) is 14.4. The Morgan fingerprint density at radius 2 is 1.96 bits per heavy atom. The number of H-pyrrole nitrogens is 1. The molecule has 140 valence electrons. The summed E-state index contributed by atoms with van der Waals surface area (Å²) in [6, 6.07) is -0.912. The number of hydrogen-bond acceptors (Lipinski definition) is 9. The fourth-order valence-corrected chi connectivity index (χ4v) is 2.22. The van der Waals surface area contributed by atoms with Crippen LogP contribution in [0, 0.1) is 0 Å². The topological polar surface area (TPSA) is 148 Å². The van der Waals surface area contributed by atoms with E-state index in [0.29, 0.717) is 17.0 Å². The number of esters is 2. The van der Waals surface area contributed by atoms with Crippen LogP contribution in [0.1, 0.15) is 19.3 Å². The predicted octanol–water partition coefficient (Wildman–Crippen LogP) is -0.234. The predicted molar refractivity (Wildman–Crippen MR) is 90.0 cm³/mol. The van der Waals surface area contributed by atoms with E-state index >= 15 is 0 Å². The first kappa shape index (κ1) is 19.1. The van der Waals surface area contributed by atoms with Crippen molar-refractivity contribution in [3.63, 3.8) is 0 Å². The minimum atomic E-state index is -0.912. The maximum atomic E-state index is 12.1. The van der Waals surface area contributed by atoms with Gasteiger partial charge >= 0.3 is 11.9 Å². The fraction of sp³-hybridized carbons (Fsp3) is 0.467. The summed E-state index contributed by atoms with van der Waals surface area (Å²) in [6.45, 7) is 0.280. The lowest BCUT2D eigenvalue weighted by Crippen LogP contribution is -2.42. The molecule has 2 rings (SSSR count). The van der Waals surface area contributed by atoms with Crippen LogP contribution >= 0.6 is 0 Å². The molecule has 0 spiro atoms. The van der Waals surface area contributed by atoms with Crippen LogP contribution in [-0.2, 0) is 23.9 Å². The van der Waals surface area contributed by atoms with E-state index in [1.54, 1.807) is 0 Å². The van der Waals surface area contributed by atoms with Gasteiger partial charge in [-0.05, 0) is 6.42 Å². The molecule has 1 atom stereocenters. The molecular weight excluding hydrogens is 344 g/mol. The van der Waals surface area contributed by atoms with Gasteiger partial charge in [-0.25, -0.2) is 19.7 Å². The SMILES string of the molecule is COC(=O)CC[C@@H](NC(=O)CCNc1ncnc2nc[nH]c12)C(=O)OC. The van der Waals surface area contributed by atoms with Crippen molar-refractivity contribution in [1.82, 2.24) is 25.3 Å². The smallest absolute Gasteiger partial charge is 0.328 e. The lowest BCUT2D eigenvalue weighted by molar-refractivity contribution is -0.146. The van der Waals surface area contributed by atoms with Crippen molar-refractivity contribution in [3.05, 3.63) is 12.7 Å². The van der Waals surface area contributed by atoms with Crippen LogP contribution in [-0.4, -0.2) is 64.6 Å². The molecule has 2 aromatic heterocycles. The van der Waals surface area contributed by atoms with Crippen LogP contribution in [0.4, 0.5) is 5.82 Å². The minimum Gasteiger partial charge on any atom is -0.469 e. The first-order valence-electron chi connectivity index (χ1n) is 7.87. The number of nitrogens with one attached hydrogen (secondary N) is 3. The molecule has 26 heavy (non-hydrogen) atoms. The molecule has 0 aliphatic carbocycles. The molecule has 0 aliphatic heterocycles. The zero-order valence-electron chi connectivity index (χ0n) is 14.4. The molecule has 2 aromatic rings. The molecule has 0 unspecified atom stereocenters. The fourth-order valence-electron chi connectivity index (χ4n) is 2.22. The first-order chi connectivity index (χ1) is 12.5. The van der Waals surface area contributed by atoms with Crippen molar-refractivity contribution < 1.29 is 23.9 Å². The third kappa shape index (κ3) is 5.13. The highest BCUT2D eigenvalue weighted by Gasteiger charge is 2.22. The highest BCUT2D eigenvalue weighted by Crippen LogP contribution is 2.14. The number of anilines is 1. The molecule has 0 saturated heterocycles. The van der Waals surface area contributed by atoms with Crippen molar-refractivity contribution in [2.45, 2.75) is 25.3 Å². The van der Waals surface area contributed by atoms with Gasteiger partial charge in [-0.3, -0.25) is 9.59 Å². The van der Waals surface area contributed by atoms with Crippen LogP contribution in [0.5, 0.6) is 0 Å². The molecule has 0 aliphatic rings. The van der Waals surface area contributed by atoms with Gasteiger partial charge in [-0.15, -0.1) is 0 Å². The highest BCUT2D eigenvalue weighted by molar-refractivity contribution is 5.85. The Hall–Kier alpha value is -3.24. The number of aromatic amines is 1. The number of methoxy groups -OCH3 is 2. The maximum absolute atomic E-state index is 12.1. The second kappa shape index (κ2) is 9.30. The Labute approximate surface area is 148 Å². The van der Waals surface area contributed by atoms with Gasteiger partial charge in [0.15, 0.2) is 11.5 Å². The molecule has 11 heteroatoms. The molecule has 1 amide bonds. The van der Waals surface area contributed by atoms with Gasteiger partial charge in [-0.2, -0.15) is 0 Å². The summed E-state index contributed by atoms with van der Waals surface area (Å²) in [4.78, 5) is 50.0. The molecule has 0 radical (unpaired) electrons. The molecule has 0 fully saturated rings. The van der Waals surface area contributed by atoms with Crippen molar-refractivity contribution in [3.8, 4) is 0 Å². The van der Waals surface area contributed by atoms with Gasteiger partial charge in [0.2, 0.25) is 5.91 Å². The number of ether oxygens (including phenoxy) is 2. The average Bonchev–Trinajstić information content (AvgIpc) is 3.13. The van der Waals surface area contributed by atoms with Crippen molar-refractivity contribution in [2.24, 2.45) is 0 Å². The summed E-state index contributed by atoms with van der Waals surface area (Å²) in [5, 5.41) is 5.56. The number of carbonyl (C=O) groups excluding carboxylic acids is 3. The van der Waals surface area contributed by atoms with Crippen LogP contribution < -0.4 is 10.6 Å². The Bertz CT molecular complexity index is 777. The van der Waals surface area contributed by atoms with E-state index in [1.165, 1.54) is 26.9 Å². The van der Waals surface area contributed by atoms with E-state index in [0.717, 1.165) is 0 Å². The highest BCUT2D eigenvalue weighted by atomic mass is 16.5. The normalized spacial score (nSPS) is 11.6. The van der Waals surface area contributed by atoms with E-state index in [-0.39, 0.29) is 31.7 Å². The quantitative estimate of drug-likeness (QED) is 0.513. The van der Waals surface area contributed by atoms with Crippen molar-refractivity contribution >= 4 is 34.8 Å². The summed E-state index contributed by atoms with van der Waals surface area (Å²) in [7, 11) is 2.47. The monoisotopic (exact) mass is 364 g/mol. The summed E-state index contributed by atoms with van der Waals surface area (Å²) < 4.78 is 9.17. The summed E-state index contributed by atoms with van der Waals surface area (Å²) >= 11 is 0. The molecule has 11 nitrogen and oxygen atoms in total. The third-order valence-electron chi connectivity index (χ3n) is 3.55. The standard InChI is InChI=1S/C15H20N6O5/c1-25-11(23)4-3-9(15(24)26-2)21-10(22)5-6-16-13-12-14(18-7-17-12)20-8-19-13/h7-9H,3-6H2,1-2H3,(H,21,22)(H2,16,17,18,19,20)/t9-/m1/s1. The number of aromatic nitrogens is 4. The first-order valence-corrected chi connectivity index (χ1v) is 7.87. The Kier molecular flexibility index (Phi) is 6.83. The summed E-state index contributed by atoms with van der Waals surface area (Å²) in [6.07, 6.45) is 3.04. The zero-order chi connectivity index (χ0) is 18.9. The molecule has 3 N–H and O–H groups in total. The van der Waals surface area contributed by atoms with E-state index in [2.05, 4.69) is 40.0 Å². The second-order valence-electron chi connectivity index (χ2n) is 5.26. The Balaban J connectivity index is 1.84. The number of imidazole rings is 1. The van der Waals surface area contributed by atoms with Gasteiger partial charge in [-0.1, -0.05) is 0 Å². The van der Waals surface area contributed by atoms with Gasteiger partial charge in [0.25, 0.3) is 0 Å². The lowest BCUT2D eigenvalue weighted by atomic mass is 10.1. The molecular formula is C15H20N6O5. The molecule has 0 saturated carbocycles. The van der Waals surface area contributed by atoms with Crippen LogP contribution in [0.3, 0.4) is 0 Å². The molecule has 0 bridgehead atoms. The van der Waals surface area contributed by atoms with E-state index in [4.69, 9.17) is 0 Å². The molecule has 2 heterocycles. The lowest BCUT2D eigenvalue weighted by Gasteiger charge is -2.16. The Morgan fingerprint density at radius 3 is 2.69 bits per heavy atom. The van der Waals surface area contributed by atoms with E-state index in [1.807, 2.05) is 0 Å². The number of fused-ring (bicyclic) bond motifs is 1. The van der Waals surface area contributed by atoms with E-state index in [9.17, 15) is 14.4 Å². The summed E-state index contributed by atoms with van der Waals surface area (Å²) in [5.41, 5.74) is 1.15. The van der Waals surface area contributed by atoms with Crippen molar-refractivity contribution in [2.75, 3.05) is 26.1 Å². The number of amides is 1. The second-order valence-corrected chi connectivity index (χ2v) is 5.26. The van der Waals surface area contributed by atoms with Crippen LogP contribution in [0.2, 0.25) is 0 Å². The summed E-state index contributed by atoms with van der Waals surface area (Å²) in [5.74, 6) is -0.935. The van der Waals surface area contributed by atoms with Gasteiger partial charge in [0.05, 0.1) is 20.5 Å².